The molecule has 0 saturated carbocycles. The van der Waals surface area contributed by atoms with Crippen molar-refractivity contribution in [2.24, 2.45) is 0 Å². The monoisotopic (exact) mass is 1560 g/mol. The lowest BCUT2D eigenvalue weighted by molar-refractivity contribution is 0.668. The number of rotatable bonds is 16. The van der Waals surface area contributed by atoms with Crippen molar-refractivity contribution >= 4 is 65.4 Å². The summed E-state index contributed by atoms with van der Waals surface area (Å²) in [4.78, 5) is 0. The average Bonchev–Trinajstić information content (AvgIpc) is 1.68. The van der Waals surface area contributed by atoms with E-state index in [-0.39, 0.29) is 11.8 Å². The third-order valence-corrected chi connectivity index (χ3v) is 24.7. The molecule has 0 amide bonds. The van der Waals surface area contributed by atoms with Gasteiger partial charge in [-0.2, -0.15) is 0 Å². The largest absolute Gasteiger partial charge is 0.456 e. The van der Waals surface area contributed by atoms with Gasteiger partial charge in [-0.3, -0.25) is 0 Å². The van der Waals surface area contributed by atoms with Crippen LogP contribution in [-0.2, 0) is 0 Å². The molecule has 22 rings (SSSR count). The number of fused-ring (bicyclic) bond motifs is 8. The molecule has 2 nitrogen and oxygen atoms in total. The highest BCUT2D eigenvalue weighted by atomic mass is 16.3. The lowest BCUT2D eigenvalue weighted by Crippen LogP contribution is -2.03. The lowest BCUT2D eigenvalue weighted by atomic mass is 9.83. The van der Waals surface area contributed by atoms with Gasteiger partial charge in [0.1, 0.15) is 22.3 Å². The van der Waals surface area contributed by atoms with Gasteiger partial charge in [0.15, 0.2) is 0 Å². The summed E-state index contributed by atoms with van der Waals surface area (Å²) in [6.45, 7) is 4.26. The highest BCUT2D eigenvalue weighted by Crippen LogP contribution is 2.43. The first-order valence-electron chi connectivity index (χ1n) is 42.2. The van der Waals surface area contributed by atoms with Crippen molar-refractivity contribution in [2.45, 2.75) is 25.7 Å². The molecule has 0 N–H and O–H groups in total. The molecule has 2 heterocycles. The van der Waals surface area contributed by atoms with Crippen molar-refractivity contribution in [2.75, 3.05) is 0 Å². The Morgan fingerprint density at radius 3 is 0.672 bits per heavy atom. The van der Waals surface area contributed by atoms with E-state index in [9.17, 15) is 0 Å². The Hall–Kier alpha value is -15.5. The first-order valence-corrected chi connectivity index (χ1v) is 42.2. The van der Waals surface area contributed by atoms with Crippen molar-refractivity contribution in [3.63, 3.8) is 0 Å². The predicted molar refractivity (Wildman–Crippen MR) is 514 cm³/mol. The second kappa shape index (κ2) is 32.4. The summed E-state index contributed by atoms with van der Waals surface area (Å²) < 4.78 is 12.5. The fraction of sp³-hybridized carbons (Fsp3) is 0.0333. The van der Waals surface area contributed by atoms with Crippen molar-refractivity contribution in [1.82, 2.24) is 0 Å². The zero-order valence-corrected chi connectivity index (χ0v) is 67.8. The van der Waals surface area contributed by atoms with Crippen molar-refractivity contribution in [3.05, 3.63) is 506 Å². The second-order valence-electron chi connectivity index (χ2n) is 32.3. The first kappa shape index (κ1) is 74.1. The normalized spacial score (nSPS) is 11.5. The number of benzene rings is 20. The van der Waals surface area contributed by atoms with E-state index in [4.69, 9.17) is 8.83 Å². The molecule has 0 aliphatic heterocycles. The fourth-order valence-electron chi connectivity index (χ4n) is 18.1. The van der Waals surface area contributed by atoms with E-state index in [1.165, 1.54) is 155 Å². The number of hydrogen-bond acceptors (Lipinski definition) is 2. The Balaban J connectivity index is 0.000000151. The Labute approximate surface area is 711 Å². The topological polar surface area (TPSA) is 26.3 Å². The van der Waals surface area contributed by atoms with Crippen LogP contribution in [0.3, 0.4) is 0 Å². The van der Waals surface area contributed by atoms with Gasteiger partial charge < -0.3 is 8.83 Å². The zero-order chi connectivity index (χ0) is 81.4. The molecule has 0 atom stereocenters. The third kappa shape index (κ3) is 14.9. The quantitative estimate of drug-likeness (QED) is 0.0902. The minimum absolute atomic E-state index is 0.0393. The number of para-hydroxylation sites is 2. The van der Waals surface area contributed by atoms with Crippen LogP contribution in [0.25, 0.3) is 177 Å². The van der Waals surface area contributed by atoms with Crippen molar-refractivity contribution in [1.29, 1.82) is 0 Å². The van der Waals surface area contributed by atoms with Crippen LogP contribution in [0, 0.1) is 13.8 Å². The minimum Gasteiger partial charge on any atom is -0.456 e. The molecule has 2 aromatic heterocycles. The van der Waals surface area contributed by atoms with Gasteiger partial charge in [0, 0.05) is 33.4 Å². The maximum atomic E-state index is 6.26. The van der Waals surface area contributed by atoms with E-state index in [0.29, 0.717) is 0 Å². The molecule has 576 valence electrons. The molecule has 0 saturated heterocycles. The lowest BCUT2D eigenvalue weighted by Gasteiger charge is -2.20. The number of furan rings is 2. The molecule has 2 heteroatoms. The maximum Gasteiger partial charge on any atom is 0.136 e. The molecule has 0 aliphatic rings. The summed E-state index contributed by atoms with van der Waals surface area (Å²) in [7, 11) is 0. The molecule has 122 heavy (non-hydrogen) atoms. The zero-order valence-electron chi connectivity index (χ0n) is 67.8. The van der Waals surface area contributed by atoms with Crippen LogP contribution in [0.1, 0.15) is 56.3 Å². The Morgan fingerprint density at radius 1 is 0.148 bits per heavy atom. The van der Waals surface area contributed by atoms with Crippen molar-refractivity contribution in [3.8, 4) is 111 Å². The summed E-state index contributed by atoms with van der Waals surface area (Å²) >= 11 is 0. The van der Waals surface area contributed by atoms with Crippen LogP contribution in [0.15, 0.2) is 470 Å². The van der Waals surface area contributed by atoms with Crippen LogP contribution < -0.4 is 0 Å². The van der Waals surface area contributed by atoms with Gasteiger partial charge in [0.25, 0.3) is 0 Å². The van der Waals surface area contributed by atoms with Crippen LogP contribution in [0.5, 0.6) is 0 Å². The van der Waals surface area contributed by atoms with E-state index in [0.717, 1.165) is 66.1 Å². The van der Waals surface area contributed by atoms with Crippen LogP contribution in [-0.4, -0.2) is 0 Å². The smallest absolute Gasteiger partial charge is 0.136 e. The first-order chi connectivity index (χ1) is 60.2. The maximum absolute atomic E-state index is 6.26. The minimum atomic E-state index is 0.0393. The van der Waals surface area contributed by atoms with E-state index < -0.39 is 0 Å². The van der Waals surface area contributed by atoms with Gasteiger partial charge >= 0.3 is 0 Å². The Morgan fingerprint density at radius 2 is 0.361 bits per heavy atom. The van der Waals surface area contributed by atoms with Gasteiger partial charge in [0.05, 0.1) is 0 Å². The molecular weight excluding hydrogens is 1470 g/mol. The third-order valence-electron chi connectivity index (χ3n) is 24.7. The summed E-state index contributed by atoms with van der Waals surface area (Å²) in [5.74, 6) is 0.0882. The predicted octanol–water partition coefficient (Wildman–Crippen LogP) is 33.1. The fourth-order valence-corrected chi connectivity index (χ4v) is 18.1. The molecular formula is C120H84O2. The molecule has 0 radical (unpaired) electrons. The van der Waals surface area contributed by atoms with Crippen LogP contribution in [0.2, 0.25) is 0 Å². The summed E-state index contributed by atoms with van der Waals surface area (Å²) in [6, 6.07) is 168. The molecule has 0 fully saturated rings. The second-order valence-corrected chi connectivity index (χ2v) is 32.3. The van der Waals surface area contributed by atoms with Crippen molar-refractivity contribution < 1.29 is 8.83 Å². The van der Waals surface area contributed by atoms with Gasteiger partial charge in [-0.1, -0.05) is 424 Å². The van der Waals surface area contributed by atoms with Gasteiger partial charge in [-0.25, -0.2) is 0 Å². The van der Waals surface area contributed by atoms with E-state index in [1.54, 1.807) is 0 Å². The molecule has 0 aliphatic carbocycles. The summed E-state index contributed by atoms with van der Waals surface area (Å²) in [5, 5.41) is 9.65. The standard InChI is InChI=1S/C63H42O.C57H42O/c1-3-13-55-47(9-1)11-7-16-57(55)49-29-19-42(20-30-49)44-23-33-51(34-24-44)63(53-37-27-46(28-38-53)54-39-40-60-59-15-5-6-18-61(59)64-62(60)41-54)52-35-25-45(26-36-52)43-21-31-50(32-22-43)58-17-8-12-48-10-2-4-14-56(48)58;1-38-13-17-40(18-14-38)48-7-5-9-50(35-48)42-21-27-45(28-22-42)57(46-29-23-43(24-30-46)51-10-6-8-49(36-51)41-19-15-39(2)16-20-41)47-31-25-44(26-32-47)52-33-34-54-53-11-3-4-12-55(53)58-56(54)37-52/h1-41,63H;3-37,57H,1-2H3. The summed E-state index contributed by atoms with van der Waals surface area (Å²) in [6.07, 6.45) is 0. The van der Waals surface area contributed by atoms with E-state index in [2.05, 4.69) is 451 Å². The number of hydrogen-bond donors (Lipinski definition) is 0. The molecule has 0 spiro atoms. The Kier molecular flexibility index (Phi) is 19.7. The van der Waals surface area contributed by atoms with Crippen LogP contribution >= 0.6 is 0 Å². The van der Waals surface area contributed by atoms with E-state index >= 15 is 0 Å². The van der Waals surface area contributed by atoms with Gasteiger partial charge in [-0.15, -0.1) is 0 Å². The molecule has 0 bridgehead atoms. The van der Waals surface area contributed by atoms with Crippen LogP contribution in [0.4, 0.5) is 0 Å². The highest BCUT2D eigenvalue weighted by Gasteiger charge is 2.22. The van der Waals surface area contributed by atoms with Gasteiger partial charge in [0.2, 0.25) is 0 Å². The molecule has 22 aromatic rings. The summed E-state index contributed by atoms with van der Waals surface area (Å²) in [5.41, 5.74) is 37.8. The Bertz CT molecular complexity index is 7230. The highest BCUT2D eigenvalue weighted by molar-refractivity contribution is 6.07. The number of aryl methyl sites for hydroxylation is 2. The molecule has 0 unspecified atom stereocenters. The van der Waals surface area contributed by atoms with Gasteiger partial charge in [-0.05, 0) is 229 Å². The average molecular weight is 1560 g/mol. The van der Waals surface area contributed by atoms with E-state index in [1.807, 2.05) is 24.3 Å². The SMILES string of the molecule is Cc1ccc(-c2cccc(-c3ccc(C(c4ccc(-c5cccc(-c6ccc(C)cc6)c5)cc4)c4ccc(-c5ccc6c(c5)oc5ccccc56)cc4)cc3)c2)cc1.c1ccc2c(-c3ccc(-c4ccc(C(c5ccc(-c6ccc(-c7cccc8ccccc78)cc6)cc5)c5ccc(-c6ccc7c(c6)oc6ccccc67)cc5)cc4)cc3)cccc2c1. The molecule has 20 aromatic carbocycles.